The molecule has 0 spiro atoms. The number of benzene rings is 3. The number of hydrogen-bond donors (Lipinski definition) is 1. The van der Waals surface area contributed by atoms with Crippen LogP contribution in [0.5, 0.6) is 17.2 Å². The summed E-state index contributed by atoms with van der Waals surface area (Å²) in [5, 5.41) is 23.2. The Labute approximate surface area is 208 Å². The maximum atomic E-state index is 12.8. The standard InChI is InChI=1S/C27H25N3O6/c1-4-35-26-14-20(9-11-25(26)36-17-19-7-5-18(2)6-8-19)13-21(16-28)27(31)29-23-15-22(30(32)33)10-12-24(23)34-3/h5-15H,4,17H2,1-3H3,(H,29,31)/b21-13+. The third-order valence-electron chi connectivity index (χ3n) is 5.10. The quantitative estimate of drug-likeness (QED) is 0.175. The molecule has 0 unspecified atom stereocenters. The van der Waals surface area contributed by atoms with Gasteiger partial charge >= 0.3 is 0 Å². The van der Waals surface area contributed by atoms with Crippen molar-refractivity contribution in [3.63, 3.8) is 0 Å². The highest BCUT2D eigenvalue weighted by molar-refractivity contribution is 6.10. The second kappa shape index (κ2) is 12.0. The van der Waals surface area contributed by atoms with Gasteiger partial charge in [0.05, 0.1) is 24.3 Å². The minimum absolute atomic E-state index is 0.0766. The zero-order valence-electron chi connectivity index (χ0n) is 20.1. The van der Waals surface area contributed by atoms with Gasteiger partial charge in [-0.15, -0.1) is 0 Å². The number of nitriles is 1. The lowest BCUT2D eigenvalue weighted by Gasteiger charge is -2.13. The molecule has 0 aromatic heterocycles. The van der Waals surface area contributed by atoms with E-state index in [0.29, 0.717) is 30.3 Å². The first kappa shape index (κ1) is 25.8. The van der Waals surface area contributed by atoms with Gasteiger partial charge in [0.2, 0.25) is 0 Å². The zero-order chi connectivity index (χ0) is 26.1. The molecule has 3 rings (SSSR count). The number of nitro groups is 1. The Morgan fingerprint density at radius 2 is 1.78 bits per heavy atom. The van der Waals surface area contributed by atoms with Crippen molar-refractivity contribution >= 4 is 23.4 Å². The third-order valence-corrected chi connectivity index (χ3v) is 5.10. The van der Waals surface area contributed by atoms with Crippen LogP contribution in [0, 0.1) is 28.4 Å². The number of carbonyl (C=O) groups excluding carboxylic acids is 1. The van der Waals surface area contributed by atoms with Crippen LogP contribution in [0.3, 0.4) is 0 Å². The molecule has 0 fully saturated rings. The Morgan fingerprint density at radius 1 is 1.06 bits per heavy atom. The predicted octanol–water partition coefficient (Wildman–Crippen LogP) is 5.44. The summed E-state index contributed by atoms with van der Waals surface area (Å²) in [5.74, 6) is 0.476. The van der Waals surface area contributed by atoms with Crippen LogP contribution in [-0.4, -0.2) is 24.5 Å². The summed E-state index contributed by atoms with van der Waals surface area (Å²) in [7, 11) is 1.37. The van der Waals surface area contributed by atoms with E-state index in [1.54, 1.807) is 18.2 Å². The molecule has 0 aliphatic carbocycles. The van der Waals surface area contributed by atoms with E-state index in [1.165, 1.54) is 31.4 Å². The lowest BCUT2D eigenvalue weighted by molar-refractivity contribution is -0.384. The number of hydrogen-bond acceptors (Lipinski definition) is 7. The van der Waals surface area contributed by atoms with E-state index in [9.17, 15) is 20.2 Å². The molecule has 0 radical (unpaired) electrons. The average Bonchev–Trinajstić information content (AvgIpc) is 2.87. The molecule has 0 heterocycles. The largest absolute Gasteiger partial charge is 0.495 e. The molecule has 3 aromatic rings. The maximum absolute atomic E-state index is 12.8. The number of amides is 1. The topological polar surface area (TPSA) is 124 Å². The Balaban J connectivity index is 1.82. The molecule has 1 N–H and O–H groups in total. The van der Waals surface area contributed by atoms with Gasteiger partial charge in [-0.25, -0.2) is 0 Å². The monoisotopic (exact) mass is 487 g/mol. The molecule has 0 aliphatic rings. The predicted molar refractivity (Wildman–Crippen MR) is 135 cm³/mol. The average molecular weight is 488 g/mol. The van der Waals surface area contributed by atoms with Gasteiger partial charge in [0.25, 0.3) is 11.6 Å². The fourth-order valence-electron chi connectivity index (χ4n) is 3.26. The minimum Gasteiger partial charge on any atom is -0.495 e. The third kappa shape index (κ3) is 6.61. The summed E-state index contributed by atoms with van der Waals surface area (Å²) in [6.07, 6.45) is 1.39. The summed E-state index contributed by atoms with van der Waals surface area (Å²) in [4.78, 5) is 23.3. The first-order valence-electron chi connectivity index (χ1n) is 11.0. The van der Waals surface area contributed by atoms with E-state index < -0.39 is 10.8 Å². The van der Waals surface area contributed by atoms with Gasteiger partial charge in [-0.05, 0) is 49.2 Å². The first-order chi connectivity index (χ1) is 17.3. The van der Waals surface area contributed by atoms with E-state index in [-0.39, 0.29) is 22.7 Å². The normalized spacial score (nSPS) is 10.8. The summed E-state index contributed by atoms with van der Waals surface area (Å²) < 4.78 is 16.8. The highest BCUT2D eigenvalue weighted by atomic mass is 16.6. The number of carbonyl (C=O) groups is 1. The Kier molecular flexibility index (Phi) is 8.62. The second-order valence-corrected chi connectivity index (χ2v) is 7.68. The van der Waals surface area contributed by atoms with E-state index in [2.05, 4.69) is 5.32 Å². The SMILES string of the molecule is CCOc1cc(/C=C(\C#N)C(=O)Nc2cc([N+](=O)[O-])ccc2OC)ccc1OCc1ccc(C)cc1. The van der Waals surface area contributed by atoms with Crippen molar-refractivity contribution in [2.24, 2.45) is 0 Å². The summed E-state index contributed by atoms with van der Waals surface area (Å²) in [5.41, 5.74) is 2.35. The van der Waals surface area contributed by atoms with Gasteiger partial charge in [-0.2, -0.15) is 5.26 Å². The molecule has 1 amide bonds. The number of methoxy groups -OCH3 is 1. The lowest BCUT2D eigenvalue weighted by atomic mass is 10.1. The highest BCUT2D eigenvalue weighted by Gasteiger charge is 2.17. The Morgan fingerprint density at radius 3 is 2.42 bits per heavy atom. The van der Waals surface area contributed by atoms with Crippen LogP contribution in [-0.2, 0) is 11.4 Å². The van der Waals surface area contributed by atoms with E-state index in [4.69, 9.17) is 14.2 Å². The maximum Gasteiger partial charge on any atom is 0.271 e. The van der Waals surface area contributed by atoms with Crippen molar-refractivity contribution in [1.29, 1.82) is 5.26 Å². The molecule has 0 saturated heterocycles. The first-order valence-corrected chi connectivity index (χ1v) is 11.0. The molecular weight excluding hydrogens is 462 g/mol. The van der Waals surface area contributed by atoms with E-state index in [1.807, 2.05) is 44.2 Å². The molecule has 9 nitrogen and oxygen atoms in total. The molecule has 0 aliphatic heterocycles. The molecule has 0 saturated carbocycles. The van der Waals surface area contributed by atoms with Gasteiger partial charge < -0.3 is 19.5 Å². The number of nitrogens with zero attached hydrogens (tertiary/aromatic N) is 2. The minimum atomic E-state index is -0.742. The summed E-state index contributed by atoms with van der Waals surface area (Å²) in [6.45, 7) is 4.60. The number of nitrogens with one attached hydrogen (secondary N) is 1. The number of aryl methyl sites for hydroxylation is 1. The number of rotatable bonds is 10. The van der Waals surface area contributed by atoms with Crippen molar-refractivity contribution in [2.75, 3.05) is 19.0 Å². The van der Waals surface area contributed by atoms with Crippen LogP contribution in [0.1, 0.15) is 23.6 Å². The molecule has 0 atom stereocenters. The van der Waals surface area contributed by atoms with Crippen molar-refractivity contribution in [3.8, 4) is 23.3 Å². The molecule has 36 heavy (non-hydrogen) atoms. The zero-order valence-corrected chi connectivity index (χ0v) is 20.1. The number of non-ortho nitro benzene ring substituents is 1. The Bertz CT molecular complexity index is 1330. The van der Waals surface area contributed by atoms with Crippen LogP contribution in [0.2, 0.25) is 0 Å². The highest BCUT2D eigenvalue weighted by Crippen LogP contribution is 2.31. The lowest BCUT2D eigenvalue weighted by Crippen LogP contribution is -2.14. The van der Waals surface area contributed by atoms with Crippen LogP contribution < -0.4 is 19.5 Å². The number of anilines is 1. The molecule has 184 valence electrons. The van der Waals surface area contributed by atoms with E-state index in [0.717, 1.165) is 11.1 Å². The van der Waals surface area contributed by atoms with Crippen LogP contribution in [0.4, 0.5) is 11.4 Å². The number of nitro benzene ring substituents is 1. The van der Waals surface area contributed by atoms with Crippen molar-refractivity contribution in [1.82, 2.24) is 0 Å². The fourth-order valence-corrected chi connectivity index (χ4v) is 3.26. The molecule has 3 aromatic carbocycles. The van der Waals surface area contributed by atoms with Crippen LogP contribution in [0.15, 0.2) is 66.2 Å². The molecule has 0 bridgehead atoms. The van der Waals surface area contributed by atoms with Gasteiger partial charge in [0.1, 0.15) is 24.0 Å². The van der Waals surface area contributed by atoms with Crippen LogP contribution in [0.25, 0.3) is 6.08 Å². The second-order valence-electron chi connectivity index (χ2n) is 7.68. The van der Waals surface area contributed by atoms with Gasteiger partial charge in [-0.3, -0.25) is 14.9 Å². The summed E-state index contributed by atoms with van der Waals surface area (Å²) in [6, 6.07) is 18.7. The smallest absolute Gasteiger partial charge is 0.271 e. The van der Waals surface area contributed by atoms with E-state index >= 15 is 0 Å². The van der Waals surface area contributed by atoms with Gasteiger partial charge in [-0.1, -0.05) is 35.9 Å². The van der Waals surface area contributed by atoms with Crippen molar-refractivity contribution in [3.05, 3.63) is 93.0 Å². The Hall–Kier alpha value is -4.84. The number of ether oxygens (including phenoxy) is 3. The van der Waals surface area contributed by atoms with Gasteiger partial charge in [0, 0.05) is 12.1 Å². The summed E-state index contributed by atoms with van der Waals surface area (Å²) >= 11 is 0. The van der Waals surface area contributed by atoms with Crippen molar-refractivity contribution < 1.29 is 23.9 Å². The van der Waals surface area contributed by atoms with Crippen molar-refractivity contribution in [2.45, 2.75) is 20.5 Å². The molecule has 9 heteroatoms. The molecular formula is C27H25N3O6. The van der Waals surface area contributed by atoms with Gasteiger partial charge in [0.15, 0.2) is 11.5 Å². The van der Waals surface area contributed by atoms with Crippen LogP contribution >= 0.6 is 0 Å². The fraction of sp³-hybridized carbons (Fsp3) is 0.185.